The van der Waals surface area contributed by atoms with E-state index in [-0.39, 0.29) is 18.1 Å². The molecule has 3 aliphatic rings. The van der Waals surface area contributed by atoms with Gasteiger partial charge in [-0.2, -0.15) is 5.10 Å². The minimum atomic E-state index is -0.215. The van der Waals surface area contributed by atoms with Crippen LogP contribution < -0.4 is 4.74 Å². The summed E-state index contributed by atoms with van der Waals surface area (Å²) < 4.78 is 20.9. The molecule has 0 unspecified atom stereocenters. The predicted octanol–water partition coefficient (Wildman–Crippen LogP) is 6.04. The summed E-state index contributed by atoms with van der Waals surface area (Å²) in [6, 6.07) is 13.1. The monoisotopic (exact) mass is 428 g/mol. The van der Waals surface area contributed by atoms with E-state index >= 15 is 0 Å². The second kappa shape index (κ2) is 6.93. The smallest absolute Gasteiger partial charge is 0.190 e. The van der Waals surface area contributed by atoms with Crippen LogP contribution in [-0.4, -0.2) is 16.9 Å². The fourth-order valence-electron chi connectivity index (χ4n) is 4.63. The van der Waals surface area contributed by atoms with Crippen molar-refractivity contribution in [3.8, 4) is 5.75 Å². The van der Waals surface area contributed by atoms with Gasteiger partial charge >= 0.3 is 0 Å². The molecule has 1 aliphatic carbocycles. The fraction of sp³-hybridized carbons (Fsp3) is 0.409. The molecule has 0 bridgehead atoms. The van der Waals surface area contributed by atoms with Gasteiger partial charge in [-0.05, 0) is 48.7 Å². The van der Waals surface area contributed by atoms with Gasteiger partial charge in [0.05, 0.1) is 11.8 Å². The number of hydrogen-bond acceptors (Lipinski definition) is 3. The highest BCUT2D eigenvalue weighted by molar-refractivity contribution is 9.10. The van der Waals surface area contributed by atoms with Gasteiger partial charge in [-0.25, -0.2) is 9.40 Å². The van der Waals surface area contributed by atoms with E-state index in [4.69, 9.17) is 9.84 Å². The summed E-state index contributed by atoms with van der Waals surface area (Å²) in [5.74, 6) is 1.27. The molecule has 0 spiro atoms. The minimum absolute atomic E-state index is 0.0121. The molecule has 0 radical (unpaired) electrons. The van der Waals surface area contributed by atoms with Crippen molar-refractivity contribution in [2.45, 2.75) is 50.8 Å². The second-order valence-corrected chi connectivity index (χ2v) is 8.66. The predicted molar refractivity (Wildman–Crippen MR) is 107 cm³/mol. The van der Waals surface area contributed by atoms with E-state index in [0.29, 0.717) is 5.92 Å². The molecule has 2 heterocycles. The molecule has 2 aromatic rings. The molecule has 0 saturated heterocycles. The zero-order valence-electron chi connectivity index (χ0n) is 15.1. The van der Waals surface area contributed by atoms with Gasteiger partial charge in [0.2, 0.25) is 0 Å². The van der Waals surface area contributed by atoms with E-state index in [2.05, 4.69) is 33.1 Å². The number of hydrazone groups is 1. The second-order valence-electron chi connectivity index (χ2n) is 7.74. The van der Waals surface area contributed by atoms with Gasteiger partial charge in [0, 0.05) is 22.4 Å². The number of benzene rings is 2. The van der Waals surface area contributed by atoms with Gasteiger partial charge in [0.15, 0.2) is 6.23 Å². The van der Waals surface area contributed by atoms with Crippen LogP contribution >= 0.6 is 15.9 Å². The molecular weight excluding hydrogens is 407 g/mol. The van der Waals surface area contributed by atoms with Crippen molar-refractivity contribution in [3.63, 3.8) is 0 Å². The van der Waals surface area contributed by atoms with Crippen molar-refractivity contribution < 1.29 is 9.13 Å². The third kappa shape index (κ3) is 3.16. The lowest BCUT2D eigenvalue weighted by molar-refractivity contribution is -0.0644. The molecule has 5 rings (SSSR count). The Kier molecular flexibility index (Phi) is 4.43. The summed E-state index contributed by atoms with van der Waals surface area (Å²) in [5.41, 5.74) is 3.18. The Labute approximate surface area is 167 Å². The van der Waals surface area contributed by atoms with E-state index in [0.717, 1.165) is 27.9 Å². The molecule has 1 fully saturated rings. The summed E-state index contributed by atoms with van der Waals surface area (Å²) in [6.45, 7) is 0. The molecule has 27 heavy (non-hydrogen) atoms. The van der Waals surface area contributed by atoms with E-state index in [1.54, 1.807) is 0 Å². The highest BCUT2D eigenvalue weighted by atomic mass is 79.9. The first-order valence-electron chi connectivity index (χ1n) is 9.77. The van der Waals surface area contributed by atoms with Crippen molar-refractivity contribution >= 4 is 21.6 Å². The maximum Gasteiger partial charge on any atom is 0.190 e. The summed E-state index contributed by atoms with van der Waals surface area (Å²) in [6.07, 6.45) is 7.06. The van der Waals surface area contributed by atoms with Crippen molar-refractivity contribution in [1.29, 1.82) is 0 Å². The Morgan fingerprint density at radius 2 is 1.81 bits per heavy atom. The standard InChI is InChI=1S/C22H22BrFN2O/c23-16-8-11-21-18(12-16)20-13-19(14-6-9-17(24)10-7-14)25-26(20)22(27-21)15-4-2-1-3-5-15/h6-12,15,20,22H,1-5,13H2/t20-,22-/m0/s1. The highest BCUT2D eigenvalue weighted by Crippen LogP contribution is 2.47. The Balaban J connectivity index is 1.53. The van der Waals surface area contributed by atoms with Crippen molar-refractivity contribution in [1.82, 2.24) is 5.01 Å². The summed E-state index contributed by atoms with van der Waals surface area (Å²) in [4.78, 5) is 0. The van der Waals surface area contributed by atoms with Crippen LogP contribution in [0.1, 0.15) is 55.7 Å². The minimum Gasteiger partial charge on any atom is -0.468 e. The number of ether oxygens (including phenoxy) is 1. The molecule has 2 atom stereocenters. The lowest BCUT2D eigenvalue weighted by atomic mass is 9.86. The van der Waals surface area contributed by atoms with E-state index in [1.807, 2.05) is 18.2 Å². The van der Waals surface area contributed by atoms with Gasteiger partial charge < -0.3 is 4.74 Å². The zero-order valence-corrected chi connectivity index (χ0v) is 16.7. The van der Waals surface area contributed by atoms with Crippen LogP contribution in [0.2, 0.25) is 0 Å². The number of rotatable bonds is 2. The zero-order chi connectivity index (χ0) is 18.4. The first-order valence-corrected chi connectivity index (χ1v) is 10.6. The molecule has 0 aromatic heterocycles. The van der Waals surface area contributed by atoms with Crippen LogP contribution in [-0.2, 0) is 0 Å². The number of nitrogens with zero attached hydrogens (tertiary/aromatic N) is 2. The van der Waals surface area contributed by atoms with Crippen LogP contribution in [0.25, 0.3) is 0 Å². The SMILES string of the molecule is Fc1ccc(C2=NN3[C@@H](C2)c2cc(Br)ccc2O[C@H]3C2CCCCC2)cc1. The van der Waals surface area contributed by atoms with Crippen LogP contribution in [0.4, 0.5) is 4.39 Å². The molecule has 140 valence electrons. The van der Waals surface area contributed by atoms with Gasteiger partial charge in [-0.1, -0.05) is 47.3 Å². The molecule has 0 amide bonds. The Morgan fingerprint density at radius 1 is 1.04 bits per heavy atom. The van der Waals surface area contributed by atoms with Crippen LogP contribution in [0.15, 0.2) is 52.0 Å². The van der Waals surface area contributed by atoms with Crippen molar-refractivity contribution in [2.24, 2.45) is 11.0 Å². The lowest BCUT2D eigenvalue weighted by Gasteiger charge is -2.42. The summed E-state index contributed by atoms with van der Waals surface area (Å²) in [7, 11) is 0. The summed E-state index contributed by atoms with van der Waals surface area (Å²) in [5, 5.41) is 7.17. The Bertz CT molecular complexity index is 876. The molecule has 2 aromatic carbocycles. The van der Waals surface area contributed by atoms with E-state index in [1.165, 1.54) is 49.8 Å². The quantitative estimate of drug-likeness (QED) is 0.582. The summed E-state index contributed by atoms with van der Waals surface area (Å²) >= 11 is 3.59. The lowest BCUT2D eigenvalue weighted by Crippen LogP contribution is -2.45. The Hall–Kier alpha value is -1.88. The topological polar surface area (TPSA) is 24.8 Å². The third-order valence-electron chi connectivity index (χ3n) is 6.01. The van der Waals surface area contributed by atoms with E-state index in [9.17, 15) is 4.39 Å². The van der Waals surface area contributed by atoms with Gasteiger partial charge in [0.25, 0.3) is 0 Å². The van der Waals surface area contributed by atoms with Crippen LogP contribution in [0, 0.1) is 11.7 Å². The maximum atomic E-state index is 13.3. The van der Waals surface area contributed by atoms with Gasteiger partial charge in [-0.3, -0.25) is 0 Å². The molecule has 1 saturated carbocycles. The Morgan fingerprint density at radius 3 is 2.59 bits per heavy atom. The highest BCUT2D eigenvalue weighted by Gasteiger charge is 2.43. The van der Waals surface area contributed by atoms with Crippen LogP contribution in [0.5, 0.6) is 5.75 Å². The molecular formula is C22H22BrFN2O. The van der Waals surface area contributed by atoms with Gasteiger partial charge in [-0.15, -0.1) is 0 Å². The third-order valence-corrected chi connectivity index (χ3v) is 6.51. The average molecular weight is 429 g/mol. The van der Waals surface area contributed by atoms with Crippen LogP contribution in [0.3, 0.4) is 0 Å². The van der Waals surface area contributed by atoms with Gasteiger partial charge in [0.1, 0.15) is 11.6 Å². The average Bonchev–Trinajstić information content (AvgIpc) is 3.14. The fourth-order valence-corrected chi connectivity index (χ4v) is 5.01. The first-order chi connectivity index (χ1) is 13.2. The maximum absolute atomic E-state index is 13.3. The number of halogens is 2. The largest absolute Gasteiger partial charge is 0.468 e. The number of hydrogen-bond donors (Lipinski definition) is 0. The molecule has 3 nitrogen and oxygen atoms in total. The first kappa shape index (κ1) is 17.2. The molecule has 0 N–H and O–H groups in total. The normalized spacial score (nSPS) is 24.8. The number of fused-ring (bicyclic) bond motifs is 3. The molecule has 2 aliphatic heterocycles. The van der Waals surface area contributed by atoms with E-state index < -0.39 is 0 Å². The van der Waals surface area contributed by atoms with Crippen molar-refractivity contribution in [3.05, 3.63) is 63.9 Å². The van der Waals surface area contributed by atoms with Crippen molar-refractivity contribution in [2.75, 3.05) is 0 Å². The molecule has 5 heteroatoms.